The lowest BCUT2D eigenvalue weighted by Crippen LogP contribution is -2.46. The molecule has 2 aromatic heterocycles. The van der Waals surface area contributed by atoms with E-state index in [-0.39, 0.29) is 0 Å². The first kappa shape index (κ1) is 20.3. The topological polar surface area (TPSA) is 87.9 Å². The zero-order valence-electron chi connectivity index (χ0n) is 19.5. The number of aromatic amines is 2. The molecule has 0 unspecified atom stereocenters. The molecule has 4 N–H and O–H groups in total. The minimum Gasteiger partial charge on any atom is -0.368 e. The van der Waals surface area contributed by atoms with Crippen molar-refractivity contribution in [2.45, 2.75) is 37.8 Å². The Hall–Kier alpha value is -3.10. The molecule has 8 nitrogen and oxygen atoms in total. The number of anilines is 2. The summed E-state index contributed by atoms with van der Waals surface area (Å²) in [6.07, 6.45) is 4.78. The van der Waals surface area contributed by atoms with Crippen molar-refractivity contribution < 1.29 is 0 Å². The average molecular weight is 457 g/mol. The fourth-order valence-electron chi connectivity index (χ4n) is 5.82. The van der Waals surface area contributed by atoms with Crippen molar-refractivity contribution >= 4 is 33.4 Å². The van der Waals surface area contributed by atoms with E-state index in [9.17, 15) is 0 Å². The summed E-state index contributed by atoms with van der Waals surface area (Å²) in [7, 11) is 0. The van der Waals surface area contributed by atoms with Gasteiger partial charge in [-0.25, -0.2) is 9.97 Å². The third-order valence-corrected chi connectivity index (χ3v) is 7.76. The third-order valence-electron chi connectivity index (χ3n) is 7.76. The zero-order chi connectivity index (χ0) is 22.5. The number of H-pyrrole nitrogens is 2. The van der Waals surface area contributed by atoms with Crippen LogP contribution in [0.3, 0.4) is 0 Å². The van der Waals surface area contributed by atoms with Gasteiger partial charge in [0.05, 0.1) is 34.2 Å². The highest BCUT2D eigenvalue weighted by Gasteiger charge is 2.23. The third kappa shape index (κ3) is 3.61. The number of hydrogen-bond acceptors (Lipinski definition) is 6. The summed E-state index contributed by atoms with van der Waals surface area (Å²) in [4.78, 5) is 21.8. The number of fused-ring (bicyclic) bond motifs is 2. The number of piperazine rings is 1. The quantitative estimate of drug-likeness (QED) is 0.375. The first-order chi connectivity index (χ1) is 16.8. The van der Waals surface area contributed by atoms with Crippen LogP contribution in [0, 0.1) is 0 Å². The van der Waals surface area contributed by atoms with Crippen LogP contribution in [0.5, 0.6) is 0 Å². The first-order valence-electron chi connectivity index (χ1n) is 12.8. The van der Waals surface area contributed by atoms with Gasteiger partial charge in [-0.3, -0.25) is 0 Å². The molecule has 0 amide bonds. The largest absolute Gasteiger partial charge is 0.368 e. The van der Waals surface area contributed by atoms with Crippen LogP contribution in [-0.2, 0) is 0 Å². The second-order valence-corrected chi connectivity index (χ2v) is 9.92. The molecule has 0 aliphatic carbocycles. The summed E-state index contributed by atoms with van der Waals surface area (Å²) < 4.78 is 0. The van der Waals surface area contributed by atoms with Gasteiger partial charge in [0.25, 0.3) is 0 Å². The van der Waals surface area contributed by atoms with Gasteiger partial charge in [0.2, 0.25) is 0 Å². The number of nitrogens with zero attached hydrogens (tertiary/aromatic N) is 4. The van der Waals surface area contributed by atoms with Gasteiger partial charge in [-0.2, -0.15) is 0 Å². The lowest BCUT2D eigenvalue weighted by molar-refractivity contribution is 0.614. The maximum Gasteiger partial charge on any atom is 0.124 e. The molecule has 5 heterocycles. The van der Waals surface area contributed by atoms with Crippen LogP contribution in [0.2, 0.25) is 0 Å². The summed E-state index contributed by atoms with van der Waals surface area (Å²) in [5.41, 5.74) is 6.96. The minimum absolute atomic E-state index is 0.372. The molecule has 8 heteroatoms. The van der Waals surface area contributed by atoms with E-state index in [0.717, 1.165) is 85.8 Å². The predicted octanol–water partition coefficient (Wildman–Crippen LogP) is 3.61. The monoisotopic (exact) mass is 456 g/mol. The predicted molar refractivity (Wildman–Crippen MR) is 137 cm³/mol. The lowest BCUT2D eigenvalue weighted by Gasteiger charge is -2.37. The highest BCUT2D eigenvalue weighted by atomic mass is 15.3. The van der Waals surface area contributed by atoms with E-state index < -0.39 is 0 Å². The lowest BCUT2D eigenvalue weighted by atomic mass is 10.2. The van der Waals surface area contributed by atoms with Crippen molar-refractivity contribution in [1.29, 1.82) is 0 Å². The molecule has 3 saturated heterocycles. The van der Waals surface area contributed by atoms with Crippen molar-refractivity contribution in [2.24, 2.45) is 0 Å². The van der Waals surface area contributed by atoms with Crippen molar-refractivity contribution in [1.82, 2.24) is 30.6 Å². The number of hydrogen-bond donors (Lipinski definition) is 4. The molecular weight excluding hydrogens is 424 g/mol. The molecule has 3 fully saturated rings. The maximum atomic E-state index is 4.83. The van der Waals surface area contributed by atoms with Crippen LogP contribution >= 0.6 is 0 Å². The molecule has 34 heavy (non-hydrogen) atoms. The average Bonchev–Trinajstić information content (AvgIpc) is 3.69. The van der Waals surface area contributed by atoms with Gasteiger partial charge >= 0.3 is 0 Å². The molecule has 0 spiro atoms. The molecule has 4 aromatic rings. The molecule has 3 aliphatic heterocycles. The standard InChI is InChI=1S/C26H32N8/c1-3-21(27-9-1)25-29-19-7-5-17(15-23(19)31-25)33-11-13-34(14-12-33)18-6-8-20-24(16-18)32-26(30-20)22-4-2-10-28-22/h5-8,15-16,21-22,27-28H,1-4,9-14H2,(H,29,31)(H,30,32)/t21-,22-/m0/s1. The molecule has 0 saturated carbocycles. The number of aromatic nitrogens is 4. The van der Waals surface area contributed by atoms with Crippen LogP contribution in [0.15, 0.2) is 36.4 Å². The molecule has 176 valence electrons. The Labute approximate surface area is 199 Å². The highest BCUT2D eigenvalue weighted by molar-refractivity contribution is 5.81. The van der Waals surface area contributed by atoms with Gasteiger partial charge in [-0.05, 0) is 75.2 Å². The summed E-state index contributed by atoms with van der Waals surface area (Å²) in [5.74, 6) is 2.16. The first-order valence-corrected chi connectivity index (χ1v) is 12.8. The molecule has 0 bridgehead atoms. The molecule has 7 rings (SSSR count). The normalized spacial score (nSPS) is 23.5. The second kappa shape index (κ2) is 8.29. The number of rotatable bonds is 4. The van der Waals surface area contributed by atoms with E-state index in [0.29, 0.717) is 12.1 Å². The van der Waals surface area contributed by atoms with E-state index in [1.165, 1.54) is 24.2 Å². The Kier molecular flexibility index (Phi) is 4.94. The maximum absolute atomic E-state index is 4.83. The zero-order valence-corrected chi connectivity index (χ0v) is 19.5. The Bertz CT molecular complexity index is 1200. The summed E-state index contributed by atoms with van der Waals surface area (Å²) in [5, 5.41) is 7.08. The Balaban J connectivity index is 1.05. The number of nitrogens with one attached hydrogen (secondary N) is 4. The van der Waals surface area contributed by atoms with Gasteiger partial charge in [0.1, 0.15) is 11.6 Å². The molecule has 2 atom stereocenters. The fourth-order valence-corrected chi connectivity index (χ4v) is 5.82. The Morgan fingerprint density at radius 1 is 0.647 bits per heavy atom. The van der Waals surface area contributed by atoms with Gasteiger partial charge in [-0.15, -0.1) is 0 Å². The summed E-state index contributed by atoms with van der Waals surface area (Å²) in [6.45, 7) is 6.21. The van der Waals surface area contributed by atoms with E-state index in [1.54, 1.807) is 0 Å². The van der Waals surface area contributed by atoms with Gasteiger partial charge in [0.15, 0.2) is 0 Å². The van der Waals surface area contributed by atoms with Crippen LogP contribution in [-0.4, -0.2) is 59.2 Å². The van der Waals surface area contributed by atoms with Gasteiger partial charge < -0.3 is 30.4 Å². The molecule has 3 aliphatic rings. The smallest absolute Gasteiger partial charge is 0.124 e. The summed E-state index contributed by atoms with van der Waals surface area (Å²) >= 11 is 0. The molecule has 2 aromatic carbocycles. The minimum atomic E-state index is 0.372. The highest BCUT2D eigenvalue weighted by Crippen LogP contribution is 2.29. The van der Waals surface area contributed by atoms with Crippen LogP contribution in [0.1, 0.15) is 49.4 Å². The van der Waals surface area contributed by atoms with E-state index in [2.05, 4.69) is 66.8 Å². The Morgan fingerprint density at radius 2 is 1.12 bits per heavy atom. The van der Waals surface area contributed by atoms with E-state index in [1.807, 2.05) is 0 Å². The fraction of sp³-hybridized carbons (Fsp3) is 0.462. The molecule has 0 radical (unpaired) electrons. The van der Waals surface area contributed by atoms with Crippen LogP contribution in [0.25, 0.3) is 22.1 Å². The number of imidazole rings is 2. The van der Waals surface area contributed by atoms with E-state index >= 15 is 0 Å². The van der Waals surface area contributed by atoms with Crippen molar-refractivity contribution in [2.75, 3.05) is 49.1 Å². The van der Waals surface area contributed by atoms with Gasteiger partial charge in [-0.1, -0.05) is 0 Å². The molecular formula is C26H32N8. The number of benzene rings is 2. The van der Waals surface area contributed by atoms with Crippen LogP contribution < -0.4 is 20.4 Å². The van der Waals surface area contributed by atoms with Crippen LogP contribution in [0.4, 0.5) is 11.4 Å². The Morgan fingerprint density at radius 3 is 1.53 bits per heavy atom. The summed E-state index contributed by atoms with van der Waals surface area (Å²) in [6, 6.07) is 14.1. The van der Waals surface area contributed by atoms with Gasteiger partial charge in [0, 0.05) is 37.6 Å². The SMILES string of the molecule is c1cc2nc([C@@H]3CCCN3)[nH]c2cc1N1CCN(c2ccc3nc([C@@H]4CCCN4)[nH]c3c2)CC1. The van der Waals surface area contributed by atoms with Crippen molar-refractivity contribution in [3.05, 3.63) is 48.0 Å². The van der Waals surface area contributed by atoms with Crippen molar-refractivity contribution in [3.8, 4) is 0 Å². The van der Waals surface area contributed by atoms with Crippen molar-refractivity contribution in [3.63, 3.8) is 0 Å². The second-order valence-electron chi connectivity index (χ2n) is 9.92. The van der Waals surface area contributed by atoms with E-state index in [4.69, 9.17) is 9.97 Å².